The zero-order valence-electron chi connectivity index (χ0n) is 7.59. The molecular weight excluding hydrogens is 199 g/mol. The summed E-state index contributed by atoms with van der Waals surface area (Å²) in [5, 5.41) is 12.4. The number of benzene rings is 1. The maximum atomic E-state index is 12.9. The molecule has 1 N–H and O–H groups in total. The van der Waals surface area contributed by atoms with Crippen molar-refractivity contribution in [3.05, 3.63) is 48.0 Å². The lowest BCUT2D eigenvalue weighted by Gasteiger charge is -1.99. The first kappa shape index (κ1) is 9.39. The van der Waals surface area contributed by atoms with Gasteiger partial charge in [0.2, 0.25) is 0 Å². The van der Waals surface area contributed by atoms with E-state index in [1.54, 1.807) is 6.07 Å². The van der Waals surface area contributed by atoms with Crippen LogP contribution in [0.25, 0.3) is 5.69 Å². The van der Waals surface area contributed by atoms with Gasteiger partial charge in [0.25, 0.3) is 0 Å². The van der Waals surface area contributed by atoms with Crippen molar-refractivity contribution >= 4 is 5.97 Å². The highest BCUT2D eigenvalue weighted by Crippen LogP contribution is 2.09. The van der Waals surface area contributed by atoms with Gasteiger partial charge in [-0.05, 0) is 24.3 Å². The number of aromatic carboxylic acids is 1. The van der Waals surface area contributed by atoms with Crippen LogP contribution >= 0.6 is 0 Å². The van der Waals surface area contributed by atoms with E-state index in [1.807, 2.05) is 0 Å². The lowest BCUT2D eigenvalue weighted by atomic mass is 10.3. The Morgan fingerprint density at radius 2 is 2.20 bits per heavy atom. The molecule has 2 aromatic rings. The molecule has 0 amide bonds. The maximum absolute atomic E-state index is 12.9. The lowest BCUT2D eigenvalue weighted by Crippen LogP contribution is -2.00. The standard InChI is InChI=1S/C10H7FN2O2/c11-7-2-1-3-8(6-7)13-5-4-9(12-13)10(14)15/h1-6H,(H,14,15). The minimum atomic E-state index is -1.11. The molecule has 4 nitrogen and oxygen atoms in total. The molecular formula is C10H7FN2O2. The molecule has 0 unspecified atom stereocenters. The number of rotatable bonds is 2. The highest BCUT2D eigenvalue weighted by atomic mass is 19.1. The van der Waals surface area contributed by atoms with Crippen LogP contribution in [-0.2, 0) is 0 Å². The van der Waals surface area contributed by atoms with Crippen molar-refractivity contribution in [2.75, 3.05) is 0 Å². The SMILES string of the molecule is O=C(O)c1ccn(-c2cccc(F)c2)n1. The fraction of sp³-hybridized carbons (Fsp3) is 0. The first-order valence-electron chi connectivity index (χ1n) is 4.22. The van der Waals surface area contributed by atoms with Crippen LogP contribution < -0.4 is 0 Å². The number of nitrogens with zero attached hydrogens (tertiary/aromatic N) is 2. The van der Waals surface area contributed by atoms with Crippen molar-refractivity contribution in [1.29, 1.82) is 0 Å². The zero-order valence-corrected chi connectivity index (χ0v) is 7.59. The molecule has 1 heterocycles. The molecule has 0 atom stereocenters. The molecule has 5 heteroatoms. The van der Waals surface area contributed by atoms with Crippen LogP contribution in [0.5, 0.6) is 0 Å². The summed E-state index contributed by atoms with van der Waals surface area (Å²) in [5.74, 6) is -1.50. The van der Waals surface area contributed by atoms with Gasteiger partial charge in [-0.3, -0.25) is 0 Å². The summed E-state index contributed by atoms with van der Waals surface area (Å²) in [5.41, 5.74) is 0.418. The molecule has 0 saturated heterocycles. The summed E-state index contributed by atoms with van der Waals surface area (Å²) < 4.78 is 14.2. The van der Waals surface area contributed by atoms with E-state index in [0.717, 1.165) is 0 Å². The van der Waals surface area contributed by atoms with E-state index in [-0.39, 0.29) is 11.5 Å². The van der Waals surface area contributed by atoms with E-state index >= 15 is 0 Å². The van der Waals surface area contributed by atoms with Crippen LogP contribution in [0.4, 0.5) is 4.39 Å². The van der Waals surface area contributed by atoms with Gasteiger partial charge in [-0.15, -0.1) is 0 Å². The van der Waals surface area contributed by atoms with Crippen molar-refractivity contribution in [3.8, 4) is 5.69 Å². The van der Waals surface area contributed by atoms with Crippen molar-refractivity contribution in [2.24, 2.45) is 0 Å². The van der Waals surface area contributed by atoms with E-state index < -0.39 is 5.97 Å². The first-order valence-corrected chi connectivity index (χ1v) is 4.22. The number of hydrogen-bond donors (Lipinski definition) is 1. The fourth-order valence-corrected chi connectivity index (χ4v) is 1.20. The number of carbonyl (C=O) groups is 1. The van der Waals surface area contributed by atoms with Gasteiger partial charge in [-0.25, -0.2) is 13.9 Å². The van der Waals surface area contributed by atoms with Crippen LogP contribution in [0, 0.1) is 5.82 Å². The quantitative estimate of drug-likeness (QED) is 0.813. The summed E-state index contributed by atoms with van der Waals surface area (Å²) in [6.45, 7) is 0. The van der Waals surface area contributed by atoms with Crippen molar-refractivity contribution in [2.45, 2.75) is 0 Å². The molecule has 0 aliphatic heterocycles. The summed E-state index contributed by atoms with van der Waals surface area (Å²) in [6.07, 6.45) is 1.47. The summed E-state index contributed by atoms with van der Waals surface area (Å²) in [7, 11) is 0. The molecule has 1 aromatic heterocycles. The Labute approximate surface area is 84.6 Å². The van der Waals surface area contributed by atoms with Crippen LogP contribution in [0.2, 0.25) is 0 Å². The molecule has 0 bridgehead atoms. The Kier molecular flexibility index (Phi) is 2.21. The number of hydrogen-bond acceptors (Lipinski definition) is 2. The van der Waals surface area contributed by atoms with Crippen LogP contribution in [-0.4, -0.2) is 20.9 Å². The zero-order chi connectivity index (χ0) is 10.8. The fourth-order valence-electron chi connectivity index (χ4n) is 1.20. The monoisotopic (exact) mass is 206 g/mol. The topological polar surface area (TPSA) is 55.1 Å². The summed E-state index contributed by atoms with van der Waals surface area (Å²) in [4.78, 5) is 10.6. The molecule has 76 valence electrons. The third-order valence-corrected chi connectivity index (χ3v) is 1.88. The number of aromatic nitrogens is 2. The highest BCUT2D eigenvalue weighted by molar-refractivity contribution is 5.85. The normalized spacial score (nSPS) is 10.2. The van der Waals surface area contributed by atoms with Gasteiger partial charge in [-0.1, -0.05) is 6.07 Å². The predicted octanol–water partition coefficient (Wildman–Crippen LogP) is 1.71. The van der Waals surface area contributed by atoms with E-state index in [4.69, 9.17) is 5.11 Å². The van der Waals surface area contributed by atoms with E-state index in [2.05, 4.69) is 5.10 Å². The molecule has 0 saturated carbocycles. The summed E-state index contributed by atoms with van der Waals surface area (Å²) in [6, 6.07) is 7.12. The molecule has 0 radical (unpaired) electrons. The molecule has 0 fully saturated rings. The second-order valence-corrected chi connectivity index (χ2v) is 2.93. The van der Waals surface area contributed by atoms with Crippen molar-refractivity contribution in [1.82, 2.24) is 9.78 Å². The maximum Gasteiger partial charge on any atom is 0.356 e. The molecule has 0 spiro atoms. The van der Waals surface area contributed by atoms with E-state index in [9.17, 15) is 9.18 Å². The smallest absolute Gasteiger partial charge is 0.356 e. The largest absolute Gasteiger partial charge is 0.476 e. The Bertz CT molecular complexity index is 508. The Balaban J connectivity index is 2.41. The molecule has 0 aliphatic rings. The van der Waals surface area contributed by atoms with Gasteiger partial charge in [0.15, 0.2) is 5.69 Å². The van der Waals surface area contributed by atoms with Gasteiger partial charge in [0.05, 0.1) is 5.69 Å². The summed E-state index contributed by atoms with van der Waals surface area (Å²) >= 11 is 0. The molecule has 15 heavy (non-hydrogen) atoms. The van der Waals surface area contributed by atoms with E-state index in [1.165, 1.54) is 35.1 Å². The minimum Gasteiger partial charge on any atom is -0.476 e. The highest BCUT2D eigenvalue weighted by Gasteiger charge is 2.07. The van der Waals surface area contributed by atoms with Gasteiger partial charge >= 0.3 is 5.97 Å². The Hall–Kier alpha value is -2.17. The van der Waals surface area contributed by atoms with Gasteiger partial charge in [-0.2, -0.15) is 5.10 Å². The van der Waals surface area contributed by atoms with Crippen molar-refractivity contribution < 1.29 is 14.3 Å². The third kappa shape index (κ3) is 1.85. The van der Waals surface area contributed by atoms with E-state index in [0.29, 0.717) is 5.69 Å². The van der Waals surface area contributed by atoms with Crippen LogP contribution in [0.1, 0.15) is 10.5 Å². The molecule has 1 aromatic carbocycles. The average molecular weight is 206 g/mol. The Morgan fingerprint density at radius 1 is 1.40 bits per heavy atom. The predicted molar refractivity (Wildman–Crippen MR) is 50.5 cm³/mol. The first-order chi connectivity index (χ1) is 7.16. The van der Waals surface area contributed by atoms with Gasteiger partial charge < -0.3 is 5.11 Å². The number of halogens is 1. The van der Waals surface area contributed by atoms with Crippen molar-refractivity contribution in [3.63, 3.8) is 0 Å². The number of carboxylic acid groups (broad SMARTS) is 1. The Morgan fingerprint density at radius 3 is 2.80 bits per heavy atom. The second kappa shape index (κ2) is 3.53. The molecule has 0 aliphatic carbocycles. The molecule has 2 rings (SSSR count). The van der Waals surface area contributed by atoms with Crippen LogP contribution in [0.15, 0.2) is 36.5 Å². The van der Waals surface area contributed by atoms with Crippen LogP contribution in [0.3, 0.4) is 0 Å². The second-order valence-electron chi connectivity index (χ2n) is 2.93. The van der Waals surface area contributed by atoms with Gasteiger partial charge in [0, 0.05) is 6.20 Å². The lowest BCUT2D eigenvalue weighted by molar-refractivity contribution is 0.0690. The minimum absolute atomic E-state index is 0.0701. The number of carboxylic acids is 1. The van der Waals surface area contributed by atoms with Gasteiger partial charge in [0.1, 0.15) is 5.82 Å². The average Bonchev–Trinajstić information content (AvgIpc) is 2.66. The third-order valence-electron chi connectivity index (χ3n) is 1.88.